The number of carbonyl (C=O) groups excluding carboxylic acids is 1. The Morgan fingerprint density at radius 1 is 1.33 bits per heavy atom. The Bertz CT molecular complexity index is 298. The molecule has 3 N–H and O–H groups in total. The molecule has 1 fully saturated rings. The Morgan fingerprint density at radius 2 is 1.83 bits per heavy atom. The first-order valence-corrected chi connectivity index (χ1v) is 5.81. The second kappa shape index (κ2) is 6.67. The summed E-state index contributed by atoms with van der Waals surface area (Å²) in [5.74, 6) is -1.21. The highest BCUT2D eigenvalue weighted by Gasteiger charge is 2.36. The topological polar surface area (TPSA) is 102 Å². The van der Waals surface area contributed by atoms with Crippen LogP contribution in [0, 0.1) is 0 Å². The number of amides is 1. The van der Waals surface area contributed by atoms with Crippen molar-refractivity contribution in [3.05, 3.63) is 0 Å². The van der Waals surface area contributed by atoms with Crippen molar-refractivity contribution < 1.29 is 24.2 Å². The molecule has 7 heteroatoms. The third kappa shape index (κ3) is 3.66. The zero-order valence-corrected chi connectivity index (χ0v) is 10.7. The number of nitrogens with zero attached hydrogens (tertiary/aromatic N) is 1. The molecular weight excluding hydrogens is 240 g/mol. The van der Waals surface area contributed by atoms with Gasteiger partial charge in [0.25, 0.3) is 0 Å². The number of rotatable bonds is 6. The third-order valence-electron chi connectivity index (χ3n) is 3.12. The fourth-order valence-electron chi connectivity index (χ4n) is 2.01. The summed E-state index contributed by atoms with van der Waals surface area (Å²) in [6.07, 6.45) is -0.293. The molecule has 0 bridgehead atoms. The summed E-state index contributed by atoms with van der Waals surface area (Å²) >= 11 is 0. The van der Waals surface area contributed by atoms with Crippen LogP contribution < -0.4 is 5.73 Å². The van der Waals surface area contributed by atoms with Gasteiger partial charge in [0.1, 0.15) is 12.2 Å². The second-order valence-corrected chi connectivity index (χ2v) is 4.33. The Balaban J connectivity index is 2.50. The largest absolute Gasteiger partial charge is 0.481 e. The number of hydrogen-bond acceptors (Lipinski definition) is 5. The lowest BCUT2D eigenvalue weighted by molar-refractivity contribution is -0.137. The van der Waals surface area contributed by atoms with Crippen LogP contribution in [0.1, 0.15) is 12.8 Å². The van der Waals surface area contributed by atoms with E-state index >= 15 is 0 Å². The molecule has 1 amide bonds. The molecule has 1 aliphatic heterocycles. The van der Waals surface area contributed by atoms with Crippen molar-refractivity contribution >= 4 is 11.9 Å². The summed E-state index contributed by atoms with van der Waals surface area (Å²) in [4.78, 5) is 24.0. The van der Waals surface area contributed by atoms with E-state index in [4.69, 9.17) is 20.3 Å². The molecule has 0 saturated carbocycles. The average molecular weight is 260 g/mol. The van der Waals surface area contributed by atoms with Crippen molar-refractivity contribution in [1.29, 1.82) is 0 Å². The van der Waals surface area contributed by atoms with Gasteiger partial charge < -0.3 is 25.2 Å². The third-order valence-corrected chi connectivity index (χ3v) is 3.12. The number of ether oxygens (including phenoxy) is 2. The van der Waals surface area contributed by atoms with Gasteiger partial charge in [0.2, 0.25) is 5.91 Å². The van der Waals surface area contributed by atoms with Gasteiger partial charge in [-0.3, -0.25) is 9.59 Å². The summed E-state index contributed by atoms with van der Waals surface area (Å²) < 4.78 is 10.4. The van der Waals surface area contributed by atoms with Gasteiger partial charge in [0.15, 0.2) is 0 Å². The minimum absolute atomic E-state index is 0.109. The van der Waals surface area contributed by atoms with Crippen LogP contribution in [0.2, 0.25) is 0 Å². The first-order chi connectivity index (χ1) is 8.49. The van der Waals surface area contributed by atoms with Crippen molar-refractivity contribution in [2.45, 2.75) is 31.1 Å². The first kappa shape index (κ1) is 14.9. The highest BCUT2D eigenvalue weighted by atomic mass is 16.5. The van der Waals surface area contributed by atoms with E-state index in [-0.39, 0.29) is 31.0 Å². The van der Waals surface area contributed by atoms with Crippen molar-refractivity contribution in [2.24, 2.45) is 5.73 Å². The quantitative estimate of drug-likeness (QED) is 0.638. The maximum absolute atomic E-state index is 12.0. The van der Waals surface area contributed by atoms with Gasteiger partial charge in [-0.1, -0.05) is 0 Å². The van der Waals surface area contributed by atoms with Crippen LogP contribution in [0.15, 0.2) is 0 Å². The average Bonchev–Trinajstić information content (AvgIpc) is 2.77. The number of hydrogen-bond donors (Lipinski definition) is 2. The minimum Gasteiger partial charge on any atom is -0.481 e. The van der Waals surface area contributed by atoms with Crippen LogP contribution in [0.3, 0.4) is 0 Å². The molecule has 0 aliphatic carbocycles. The van der Waals surface area contributed by atoms with Gasteiger partial charge in [-0.25, -0.2) is 0 Å². The Morgan fingerprint density at radius 3 is 2.22 bits per heavy atom. The lowest BCUT2D eigenvalue weighted by Crippen LogP contribution is -2.43. The van der Waals surface area contributed by atoms with Gasteiger partial charge in [-0.2, -0.15) is 0 Å². The van der Waals surface area contributed by atoms with E-state index in [0.717, 1.165) is 0 Å². The molecule has 0 aromatic heterocycles. The van der Waals surface area contributed by atoms with Gasteiger partial charge in [-0.15, -0.1) is 0 Å². The zero-order chi connectivity index (χ0) is 13.7. The van der Waals surface area contributed by atoms with Crippen LogP contribution in [0.25, 0.3) is 0 Å². The number of nitrogens with two attached hydrogens (primary N) is 1. The summed E-state index contributed by atoms with van der Waals surface area (Å²) in [5, 5.41) is 8.55. The number of likely N-dealkylation sites (tertiary alicyclic amines) is 1. The van der Waals surface area contributed by atoms with E-state index in [1.807, 2.05) is 0 Å². The van der Waals surface area contributed by atoms with E-state index in [9.17, 15) is 9.59 Å². The molecule has 0 aromatic carbocycles. The van der Waals surface area contributed by atoms with Gasteiger partial charge in [0, 0.05) is 33.7 Å². The summed E-state index contributed by atoms with van der Waals surface area (Å²) in [6.45, 7) is 0.850. The highest BCUT2D eigenvalue weighted by molar-refractivity contribution is 5.82. The van der Waals surface area contributed by atoms with Crippen LogP contribution in [0.5, 0.6) is 0 Å². The van der Waals surface area contributed by atoms with E-state index in [2.05, 4.69) is 0 Å². The number of aliphatic carboxylic acids is 1. The van der Waals surface area contributed by atoms with Crippen molar-refractivity contribution in [2.75, 3.05) is 27.3 Å². The van der Waals surface area contributed by atoms with Crippen LogP contribution >= 0.6 is 0 Å². The normalized spacial score (nSPS) is 25.2. The molecule has 104 valence electrons. The number of methoxy groups -OCH3 is 2. The molecule has 1 saturated heterocycles. The molecule has 0 aromatic rings. The Hall–Kier alpha value is -1.18. The zero-order valence-electron chi connectivity index (χ0n) is 10.7. The molecular formula is C11H20N2O5. The van der Waals surface area contributed by atoms with Crippen molar-refractivity contribution in [3.8, 4) is 0 Å². The highest BCUT2D eigenvalue weighted by Crippen LogP contribution is 2.17. The van der Waals surface area contributed by atoms with Gasteiger partial charge in [-0.05, 0) is 6.42 Å². The number of carbonyl (C=O) groups is 2. The van der Waals surface area contributed by atoms with E-state index < -0.39 is 12.0 Å². The molecule has 3 unspecified atom stereocenters. The van der Waals surface area contributed by atoms with E-state index in [1.54, 1.807) is 19.1 Å². The van der Waals surface area contributed by atoms with Gasteiger partial charge >= 0.3 is 5.97 Å². The molecule has 1 aliphatic rings. The predicted molar refractivity (Wildman–Crippen MR) is 63.0 cm³/mol. The fraction of sp³-hybridized carbons (Fsp3) is 0.818. The second-order valence-electron chi connectivity index (χ2n) is 4.33. The van der Waals surface area contributed by atoms with Crippen LogP contribution in [0.4, 0.5) is 0 Å². The molecule has 7 nitrogen and oxygen atoms in total. The monoisotopic (exact) mass is 260 g/mol. The molecule has 0 radical (unpaired) electrons. The van der Waals surface area contributed by atoms with Crippen LogP contribution in [-0.2, 0) is 19.1 Å². The van der Waals surface area contributed by atoms with E-state index in [0.29, 0.717) is 13.1 Å². The van der Waals surface area contributed by atoms with E-state index in [1.165, 1.54) is 0 Å². The maximum atomic E-state index is 12.0. The summed E-state index contributed by atoms with van der Waals surface area (Å²) in [7, 11) is 3.13. The molecule has 1 heterocycles. The standard InChI is InChI=1S/C11H20N2O5/c1-17-8-5-13(6-9(8)18-2)11(16)7(12)3-4-10(14)15/h7-9H,3-6,12H2,1-2H3,(H,14,15). The van der Waals surface area contributed by atoms with Crippen LogP contribution in [-0.4, -0.2) is 67.4 Å². The lowest BCUT2D eigenvalue weighted by Gasteiger charge is -2.20. The summed E-state index contributed by atoms with van der Waals surface area (Å²) in [5.41, 5.74) is 5.68. The van der Waals surface area contributed by atoms with Crippen molar-refractivity contribution in [1.82, 2.24) is 4.90 Å². The smallest absolute Gasteiger partial charge is 0.303 e. The predicted octanol–water partition coefficient (Wildman–Crippen LogP) is -0.949. The summed E-state index contributed by atoms with van der Waals surface area (Å²) in [6, 6.07) is -0.783. The molecule has 0 spiro atoms. The SMILES string of the molecule is COC1CN(C(=O)C(N)CCC(=O)O)CC1OC. The maximum Gasteiger partial charge on any atom is 0.303 e. The van der Waals surface area contributed by atoms with Crippen molar-refractivity contribution in [3.63, 3.8) is 0 Å². The van der Waals surface area contributed by atoms with Gasteiger partial charge in [0.05, 0.1) is 6.04 Å². The molecule has 1 rings (SSSR count). The lowest BCUT2D eigenvalue weighted by atomic mass is 10.1. The molecule has 18 heavy (non-hydrogen) atoms. The fourth-order valence-corrected chi connectivity index (χ4v) is 2.01. The first-order valence-electron chi connectivity index (χ1n) is 5.81. The molecule has 3 atom stereocenters. The Labute approximate surface area is 106 Å². The Kier molecular flexibility index (Phi) is 5.52. The number of carboxylic acid groups (broad SMARTS) is 1. The minimum atomic E-state index is -0.954. The number of carboxylic acids is 1.